The molecule has 1 aromatic carbocycles. The van der Waals surface area contributed by atoms with Crippen LogP contribution in [0.5, 0.6) is 0 Å². The number of carbonyl (C=O) groups is 1. The average Bonchev–Trinajstić information content (AvgIpc) is 2.44. The predicted molar refractivity (Wildman–Crippen MR) is 111 cm³/mol. The Kier molecular flexibility index (Phi) is 6.98. The summed E-state index contributed by atoms with van der Waals surface area (Å²) in [5.74, 6) is -0.109. The molecule has 1 saturated heterocycles. The second-order valence-electron chi connectivity index (χ2n) is 8.29. The van der Waals surface area contributed by atoms with E-state index in [-0.39, 0.29) is 18.3 Å². The number of amides is 1. The molecule has 1 aromatic rings. The Morgan fingerprint density at radius 3 is 2.00 bits per heavy atom. The zero-order valence-corrected chi connectivity index (χ0v) is 18.6. The molecular formula is C20H31ClN2O3S. The fourth-order valence-electron chi connectivity index (χ4n) is 3.44. The molecule has 1 aliphatic heterocycles. The highest BCUT2D eigenvalue weighted by Gasteiger charge is 2.39. The van der Waals surface area contributed by atoms with Crippen LogP contribution in [0.25, 0.3) is 0 Å². The predicted octanol–water partition coefficient (Wildman–Crippen LogP) is 3.67. The molecule has 27 heavy (non-hydrogen) atoms. The molecule has 0 bridgehead atoms. The third kappa shape index (κ3) is 5.24. The van der Waals surface area contributed by atoms with Crippen LogP contribution in [-0.2, 0) is 21.2 Å². The van der Waals surface area contributed by atoms with Gasteiger partial charge in [-0.05, 0) is 54.5 Å². The lowest BCUT2D eigenvalue weighted by Gasteiger charge is -2.41. The van der Waals surface area contributed by atoms with Crippen LogP contribution in [-0.4, -0.2) is 43.6 Å². The van der Waals surface area contributed by atoms with E-state index in [1.165, 1.54) is 0 Å². The summed E-state index contributed by atoms with van der Waals surface area (Å²) in [5.41, 5.74) is 2.87. The highest BCUT2D eigenvalue weighted by molar-refractivity contribution is 7.90. The van der Waals surface area contributed by atoms with E-state index >= 15 is 0 Å². The quantitative estimate of drug-likeness (QED) is 0.739. The lowest BCUT2D eigenvalue weighted by Crippen LogP contribution is -2.60. The first-order valence-electron chi connectivity index (χ1n) is 9.53. The monoisotopic (exact) mass is 414 g/mol. The standard InChI is InChI=1S/C20H31ClN2O3S/c1-12(2)17-7-15(21)8-18(13(3)4)19(17)9-20(24)22-27(25,26)16-10-23(11-16)14(5)6/h7-8,12-14,16H,9-11H2,1-6H3,(H,22,24). The first-order chi connectivity index (χ1) is 12.4. The van der Waals surface area contributed by atoms with Crippen LogP contribution in [0.15, 0.2) is 12.1 Å². The van der Waals surface area contributed by atoms with Crippen molar-refractivity contribution in [3.63, 3.8) is 0 Å². The van der Waals surface area contributed by atoms with E-state index in [1.807, 2.05) is 53.7 Å². The van der Waals surface area contributed by atoms with Gasteiger partial charge in [0, 0.05) is 24.2 Å². The molecule has 7 heteroatoms. The van der Waals surface area contributed by atoms with Crippen molar-refractivity contribution in [1.82, 2.24) is 9.62 Å². The van der Waals surface area contributed by atoms with Crippen LogP contribution >= 0.6 is 11.6 Å². The summed E-state index contributed by atoms with van der Waals surface area (Å²) in [6.45, 7) is 13.2. The zero-order chi connectivity index (χ0) is 20.5. The van der Waals surface area contributed by atoms with E-state index in [9.17, 15) is 13.2 Å². The van der Waals surface area contributed by atoms with E-state index in [0.717, 1.165) is 16.7 Å². The third-order valence-electron chi connectivity index (χ3n) is 5.17. The maximum Gasteiger partial charge on any atom is 0.240 e. The lowest BCUT2D eigenvalue weighted by atomic mass is 9.87. The summed E-state index contributed by atoms with van der Waals surface area (Å²) in [6, 6.07) is 4.06. The van der Waals surface area contributed by atoms with Crippen molar-refractivity contribution in [2.45, 2.75) is 71.1 Å². The van der Waals surface area contributed by atoms with Crippen LogP contribution in [0.4, 0.5) is 0 Å². The van der Waals surface area contributed by atoms with Gasteiger partial charge in [-0.15, -0.1) is 0 Å². The summed E-state index contributed by atoms with van der Waals surface area (Å²) in [7, 11) is -3.65. The molecule has 1 N–H and O–H groups in total. The maximum atomic E-state index is 12.6. The molecule has 1 heterocycles. The largest absolute Gasteiger partial charge is 0.298 e. The smallest absolute Gasteiger partial charge is 0.240 e. The topological polar surface area (TPSA) is 66.5 Å². The molecule has 0 spiro atoms. The minimum atomic E-state index is -3.65. The van der Waals surface area contributed by atoms with Gasteiger partial charge in [0.15, 0.2) is 0 Å². The third-order valence-corrected chi connectivity index (χ3v) is 7.07. The van der Waals surface area contributed by atoms with Crippen LogP contribution in [0.1, 0.15) is 70.1 Å². The van der Waals surface area contributed by atoms with Gasteiger partial charge >= 0.3 is 0 Å². The van der Waals surface area contributed by atoms with Gasteiger partial charge < -0.3 is 0 Å². The van der Waals surface area contributed by atoms with Gasteiger partial charge in [-0.2, -0.15) is 0 Å². The molecule has 1 aliphatic rings. The van der Waals surface area contributed by atoms with Crippen molar-refractivity contribution >= 4 is 27.5 Å². The van der Waals surface area contributed by atoms with Gasteiger partial charge in [-0.3, -0.25) is 14.4 Å². The fraction of sp³-hybridized carbons (Fsp3) is 0.650. The summed E-state index contributed by atoms with van der Waals surface area (Å²) in [6.07, 6.45) is 0.0397. The molecule has 152 valence electrons. The van der Waals surface area contributed by atoms with E-state index in [4.69, 9.17) is 11.6 Å². The molecule has 0 unspecified atom stereocenters. The van der Waals surface area contributed by atoms with Crippen LogP contribution in [0.3, 0.4) is 0 Å². The summed E-state index contributed by atoms with van der Waals surface area (Å²) in [4.78, 5) is 14.7. The Labute approximate surface area is 168 Å². The second kappa shape index (κ2) is 8.50. The Balaban J connectivity index is 2.18. The van der Waals surface area contributed by atoms with Gasteiger partial charge in [0.25, 0.3) is 0 Å². The molecule has 0 aliphatic carbocycles. The summed E-state index contributed by atoms with van der Waals surface area (Å²) < 4.78 is 27.3. The minimum absolute atomic E-state index is 0.0397. The van der Waals surface area contributed by atoms with Crippen molar-refractivity contribution in [2.75, 3.05) is 13.1 Å². The molecule has 5 nitrogen and oxygen atoms in total. The molecule has 0 saturated carbocycles. The van der Waals surface area contributed by atoms with Gasteiger partial charge in [0.2, 0.25) is 15.9 Å². The van der Waals surface area contributed by atoms with Crippen LogP contribution in [0.2, 0.25) is 5.02 Å². The average molecular weight is 415 g/mol. The zero-order valence-electron chi connectivity index (χ0n) is 17.0. The maximum absolute atomic E-state index is 12.6. The fourth-order valence-corrected chi connectivity index (χ4v) is 5.01. The number of rotatable bonds is 7. The number of hydrogen-bond donors (Lipinski definition) is 1. The number of benzene rings is 1. The van der Waals surface area contributed by atoms with Gasteiger partial charge in [0.05, 0.1) is 6.42 Å². The molecule has 0 radical (unpaired) electrons. The van der Waals surface area contributed by atoms with Crippen LogP contribution < -0.4 is 4.72 Å². The molecule has 1 amide bonds. The lowest BCUT2D eigenvalue weighted by molar-refractivity contribution is -0.118. The van der Waals surface area contributed by atoms with E-state index in [2.05, 4.69) is 9.62 Å². The van der Waals surface area contributed by atoms with Gasteiger partial charge in [0.1, 0.15) is 5.25 Å². The number of likely N-dealkylation sites (tertiary alicyclic amines) is 1. The Morgan fingerprint density at radius 1 is 1.11 bits per heavy atom. The second-order valence-corrected chi connectivity index (χ2v) is 10.7. The van der Waals surface area contributed by atoms with Crippen molar-refractivity contribution < 1.29 is 13.2 Å². The number of hydrogen-bond acceptors (Lipinski definition) is 4. The first kappa shape index (κ1) is 22.2. The van der Waals surface area contributed by atoms with Gasteiger partial charge in [-0.1, -0.05) is 39.3 Å². The summed E-state index contributed by atoms with van der Waals surface area (Å²) in [5, 5.41) is 0.116. The number of nitrogens with one attached hydrogen (secondary N) is 1. The number of sulfonamides is 1. The van der Waals surface area contributed by atoms with Crippen molar-refractivity contribution in [2.24, 2.45) is 0 Å². The number of halogens is 1. The Morgan fingerprint density at radius 2 is 1.59 bits per heavy atom. The highest BCUT2D eigenvalue weighted by atomic mass is 35.5. The highest BCUT2D eigenvalue weighted by Crippen LogP contribution is 2.32. The van der Waals surface area contributed by atoms with E-state index < -0.39 is 21.2 Å². The van der Waals surface area contributed by atoms with Crippen LogP contribution in [0, 0.1) is 0 Å². The Hall–Kier alpha value is -1.11. The van der Waals surface area contributed by atoms with Gasteiger partial charge in [-0.25, -0.2) is 8.42 Å². The minimum Gasteiger partial charge on any atom is -0.298 e. The number of carbonyl (C=O) groups excluding carboxylic acids is 1. The molecule has 1 fully saturated rings. The molecule has 0 atom stereocenters. The molecule has 2 rings (SSSR count). The molecular weight excluding hydrogens is 384 g/mol. The van der Waals surface area contributed by atoms with Crippen molar-refractivity contribution in [3.05, 3.63) is 33.8 Å². The Bertz CT molecular complexity index is 768. The molecule has 0 aromatic heterocycles. The normalized spacial score (nSPS) is 16.2. The number of nitrogens with zero attached hydrogens (tertiary/aromatic N) is 1. The van der Waals surface area contributed by atoms with E-state index in [1.54, 1.807) is 0 Å². The van der Waals surface area contributed by atoms with E-state index in [0.29, 0.717) is 24.2 Å². The van der Waals surface area contributed by atoms with Crippen molar-refractivity contribution in [1.29, 1.82) is 0 Å². The first-order valence-corrected chi connectivity index (χ1v) is 11.5. The van der Waals surface area contributed by atoms with Crippen molar-refractivity contribution in [3.8, 4) is 0 Å². The SMILES string of the molecule is CC(C)c1cc(Cl)cc(C(C)C)c1CC(=O)NS(=O)(=O)C1CN(C(C)C)C1. The summed E-state index contributed by atoms with van der Waals surface area (Å²) >= 11 is 6.26.